The van der Waals surface area contributed by atoms with Crippen molar-refractivity contribution in [2.45, 2.75) is 69.6 Å². The van der Waals surface area contributed by atoms with Crippen LogP contribution in [0.2, 0.25) is 0 Å². The number of halogens is 7. The Bertz CT molecular complexity index is 2200. The molecule has 6 rings (SSSR count). The number of thiazole rings is 2. The minimum atomic E-state index is -5.41. The summed E-state index contributed by atoms with van der Waals surface area (Å²) in [4.78, 5) is 58.6. The summed E-state index contributed by atoms with van der Waals surface area (Å²) in [5, 5.41) is 5.52. The van der Waals surface area contributed by atoms with E-state index in [1.54, 1.807) is 28.5 Å². The number of aromatic nitrogens is 2. The third-order valence-electron chi connectivity index (χ3n) is 9.82. The molecule has 2 aliphatic rings. The fourth-order valence-electron chi connectivity index (χ4n) is 6.83. The van der Waals surface area contributed by atoms with E-state index < -0.39 is 64.5 Å². The molecule has 58 heavy (non-hydrogen) atoms. The van der Waals surface area contributed by atoms with E-state index in [9.17, 15) is 45.5 Å². The van der Waals surface area contributed by atoms with Crippen LogP contribution in [0.1, 0.15) is 70.9 Å². The minimum Gasteiger partial charge on any atom is -0.449 e. The fourth-order valence-corrected chi connectivity index (χ4v) is 8.55. The molecule has 2 aromatic heterocycles. The number of H-pyrrole nitrogens is 1. The summed E-state index contributed by atoms with van der Waals surface area (Å²) in [6.07, 6.45) is -11.2. The van der Waals surface area contributed by atoms with Gasteiger partial charge in [0.2, 0.25) is 0 Å². The third-order valence-corrected chi connectivity index (χ3v) is 11.9. The van der Waals surface area contributed by atoms with Crippen molar-refractivity contribution in [3.8, 4) is 5.75 Å². The van der Waals surface area contributed by atoms with Gasteiger partial charge in [-0.2, -0.15) is 26.3 Å². The Morgan fingerprint density at radius 1 is 1.02 bits per heavy atom. The molecule has 0 bridgehead atoms. The highest BCUT2D eigenvalue weighted by atomic mass is 32.1. The summed E-state index contributed by atoms with van der Waals surface area (Å²) in [6.45, 7) is 6.33. The molecule has 0 radical (unpaired) electrons. The molecule has 4 aromatic rings. The van der Waals surface area contributed by atoms with Gasteiger partial charge in [0.05, 0.1) is 28.5 Å². The van der Waals surface area contributed by atoms with Gasteiger partial charge in [-0.25, -0.2) is 19.0 Å². The molecule has 1 atom stereocenters. The Hall–Kier alpha value is -4.44. The van der Waals surface area contributed by atoms with Crippen molar-refractivity contribution < 1.29 is 59.3 Å². The number of rotatable bonds is 12. The average Bonchev–Trinajstić information content (AvgIpc) is 3.82. The van der Waals surface area contributed by atoms with Crippen LogP contribution in [0.3, 0.4) is 0 Å². The molecule has 0 aliphatic carbocycles. The standard InChI is InChI=1S/C37H38F7N5O7S2/c1-20(2)30-46-24(18-57-30)31(50)49-14-15-54-35(19-49)9-12-48(13-10-35)17-22-5-3-4-21(27(22)38)8-11-45-16-26(56-33(52)37(42,43)44)23-6-7-25(55-32(51)36(39,40)41)28-29(23)58-34(53)47-28/h3-7,18,20,26,45H,8-17,19H2,1-2H3,(H,47,53)/t26-/m0/s1. The lowest BCUT2D eigenvalue weighted by Gasteiger charge is -2.47. The largest absolute Gasteiger partial charge is 0.491 e. The van der Waals surface area contributed by atoms with Crippen LogP contribution in [0.4, 0.5) is 30.7 Å². The van der Waals surface area contributed by atoms with E-state index in [1.165, 1.54) is 11.3 Å². The third kappa shape index (κ3) is 10.0. The van der Waals surface area contributed by atoms with Crippen molar-refractivity contribution in [3.63, 3.8) is 0 Å². The SMILES string of the molecule is CC(C)c1nc(C(=O)N2CCOC3(CCN(Cc4cccc(CCNC[C@H](OC(=O)C(F)(F)F)c5ccc(OC(=O)C(F)(F)F)c6[nH]c(=O)sc56)c4F)CC3)C2)cs1. The summed E-state index contributed by atoms with van der Waals surface area (Å²) in [6, 6.07) is 6.70. The molecule has 0 unspecified atom stereocenters. The van der Waals surface area contributed by atoms with Crippen molar-refractivity contribution in [3.05, 3.63) is 78.6 Å². The fraction of sp³-hybridized carbons (Fsp3) is 0.486. The van der Waals surface area contributed by atoms with E-state index in [0.717, 1.165) is 17.1 Å². The summed E-state index contributed by atoms with van der Waals surface area (Å²) in [5.41, 5.74) is 0.0263. The number of carbonyl (C=O) groups excluding carboxylic acids is 3. The van der Waals surface area contributed by atoms with E-state index in [2.05, 4.69) is 24.9 Å². The molecule has 2 aliphatic heterocycles. The normalized spacial score (nSPS) is 16.9. The highest BCUT2D eigenvalue weighted by Gasteiger charge is 2.44. The number of piperidine rings is 1. The van der Waals surface area contributed by atoms with E-state index in [0.29, 0.717) is 80.3 Å². The Morgan fingerprint density at radius 2 is 1.72 bits per heavy atom. The predicted octanol–water partition coefficient (Wildman–Crippen LogP) is 6.26. The maximum absolute atomic E-state index is 15.8. The number of carbonyl (C=O) groups is 3. The summed E-state index contributed by atoms with van der Waals surface area (Å²) in [5.74, 6) is -6.26. The van der Waals surface area contributed by atoms with Gasteiger partial charge >= 0.3 is 29.2 Å². The second-order valence-electron chi connectivity index (χ2n) is 14.3. The zero-order valence-electron chi connectivity index (χ0n) is 31.1. The lowest BCUT2D eigenvalue weighted by atomic mass is 9.89. The zero-order chi connectivity index (χ0) is 42.0. The van der Waals surface area contributed by atoms with Crippen LogP contribution < -0.4 is 14.9 Å². The Balaban J connectivity index is 1.07. The molecule has 314 valence electrons. The van der Waals surface area contributed by atoms with Crippen LogP contribution in [0.25, 0.3) is 10.2 Å². The maximum Gasteiger partial charge on any atom is 0.491 e. The van der Waals surface area contributed by atoms with Gasteiger partial charge in [0.25, 0.3) is 5.91 Å². The number of benzene rings is 2. The molecule has 1 amide bonds. The monoisotopic (exact) mass is 861 g/mol. The Morgan fingerprint density at radius 3 is 2.40 bits per heavy atom. The maximum atomic E-state index is 15.8. The molecule has 21 heteroatoms. The molecule has 2 aromatic carbocycles. The van der Waals surface area contributed by atoms with Gasteiger partial charge in [-0.15, -0.1) is 11.3 Å². The Kier molecular flexibility index (Phi) is 13.0. The first-order valence-corrected chi connectivity index (χ1v) is 19.8. The number of esters is 2. The lowest BCUT2D eigenvalue weighted by molar-refractivity contribution is -0.205. The quantitative estimate of drug-likeness (QED) is 0.0726. The van der Waals surface area contributed by atoms with Crippen LogP contribution in [-0.4, -0.2) is 101 Å². The van der Waals surface area contributed by atoms with Gasteiger partial charge in [-0.3, -0.25) is 14.5 Å². The molecule has 0 saturated carbocycles. The van der Waals surface area contributed by atoms with Crippen LogP contribution in [-0.2, 0) is 32.0 Å². The second-order valence-corrected chi connectivity index (χ2v) is 16.1. The zero-order valence-corrected chi connectivity index (χ0v) is 32.7. The molecular weight excluding hydrogens is 824 g/mol. The molecule has 4 heterocycles. The van der Waals surface area contributed by atoms with Gasteiger partial charge in [-0.05, 0) is 43.5 Å². The summed E-state index contributed by atoms with van der Waals surface area (Å²) >= 11 is 1.85. The molecule has 12 nitrogen and oxygen atoms in total. The molecule has 2 fully saturated rings. The van der Waals surface area contributed by atoms with E-state index in [-0.39, 0.29) is 35.1 Å². The van der Waals surface area contributed by atoms with Crippen molar-refractivity contribution in [2.24, 2.45) is 0 Å². The number of nitrogens with zero attached hydrogens (tertiary/aromatic N) is 3. The van der Waals surface area contributed by atoms with E-state index in [4.69, 9.17) is 9.47 Å². The number of fused-ring (bicyclic) bond motifs is 1. The average molecular weight is 862 g/mol. The number of amides is 1. The van der Waals surface area contributed by atoms with Crippen molar-refractivity contribution in [1.82, 2.24) is 25.1 Å². The minimum absolute atomic E-state index is 0.00723. The number of hydrogen-bond acceptors (Lipinski definition) is 12. The van der Waals surface area contributed by atoms with E-state index >= 15 is 4.39 Å². The number of ether oxygens (including phenoxy) is 3. The first-order valence-electron chi connectivity index (χ1n) is 18.1. The van der Waals surface area contributed by atoms with Crippen LogP contribution in [0.15, 0.2) is 40.5 Å². The van der Waals surface area contributed by atoms with Crippen molar-refractivity contribution in [1.29, 1.82) is 0 Å². The Labute approximate surface area is 334 Å². The molecule has 2 saturated heterocycles. The summed E-state index contributed by atoms with van der Waals surface area (Å²) < 4.78 is 109. The van der Waals surface area contributed by atoms with Gasteiger partial charge < -0.3 is 29.4 Å². The van der Waals surface area contributed by atoms with E-state index in [1.807, 2.05) is 13.8 Å². The van der Waals surface area contributed by atoms with Gasteiger partial charge in [0.15, 0.2) is 5.75 Å². The predicted molar refractivity (Wildman–Crippen MR) is 197 cm³/mol. The van der Waals surface area contributed by atoms with Gasteiger partial charge in [-0.1, -0.05) is 43.4 Å². The highest BCUT2D eigenvalue weighted by Crippen LogP contribution is 2.36. The van der Waals surface area contributed by atoms with Crippen LogP contribution >= 0.6 is 22.7 Å². The number of likely N-dealkylation sites (tertiary alicyclic amines) is 1. The molecule has 2 N–H and O–H groups in total. The number of nitrogens with one attached hydrogen (secondary N) is 2. The van der Waals surface area contributed by atoms with Crippen molar-refractivity contribution in [2.75, 3.05) is 45.9 Å². The van der Waals surface area contributed by atoms with Gasteiger partial charge in [0, 0.05) is 55.1 Å². The van der Waals surface area contributed by atoms with Crippen LogP contribution in [0.5, 0.6) is 5.75 Å². The van der Waals surface area contributed by atoms with Crippen LogP contribution in [0, 0.1) is 5.82 Å². The molecular formula is C37H38F7N5O7S2. The number of aromatic amines is 1. The number of morpholine rings is 1. The smallest absolute Gasteiger partial charge is 0.449 e. The van der Waals surface area contributed by atoms with Gasteiger partial charge in [0.1, 0.15) is 23.1 Å². The number of hydrogen-bond donors (Lipinski definition) is 2. The topological polar surface area (TPSA) is 143 Å². The second kappa shape index (κ2) is 17.4. The summed E-state index contributed by atoms with van der Waals surface area (Å²) in [7, 11) is 0. The first kappa shape index (κ1) is 43.1. The molecule has 1 spiro atoms. The first-order chi connectivity index (χ1) is 27.3. The van der Waals surface area contributed by atoms with Crippen molar-refractivity contribution >= 4 is 50.7 Å². The lowest BCUT2D eigenvalue weighted by Crippen LogP contribution is -2.58. The number of alkyl halides is 6. The highest BCUT2D eigenvalue weighted by molar-refractivity contribution is 7.16.